The molecule has 25 heteroatoms. The van der Waals surface area contributed by atoms with Gasteiger partial charge in [0.1, 0.15) is 68.0 Å². The molecule has 4 bridgehead atoms. The Kier molecular flexibility index (Phi) is 66.5. The topological polar surface area (TPSA) is 322 Å². The number of Topliss-reactive ketones (excluding diaryl/α,β-unsaturated/α-hetero) is 11. The smallest absolute Gasteiger partial charge is 0.303 e. The minimum atomic E-state index is -3.27. The predicted octanol–water partition coefficient (Wildman–Crippen LogP) is 23.3. The van der Waals surface area contributed by atoms with Gasteiger partial charge >= 0.3 is 11.9 Å². The maximum Gasteiger partial charge on any atom is 0.303 e. The molecule has 6 saturated carbocycles. The summed E-state index contributed by atoms with van der Waals surface area (Å²) in [6, 6.07) is 26.8. The average molecular weight is 1790 g/mol. The monoisotopic (exact) mass is 1790 g/mol. The van der Waals surface area contributed by atoms with Gasteiger partial charge in [0.15, 0.2) is 27.2 Å². The van der Waals surface area contributed by atoms with E-state index in [2.05, 4.69) is 9.15 Å². The Morgan fingerprint density at radius 3 is 1.13 bits per heavy atom. The number of sulfone groups is 2. The number of benzene rings is 3. The van der Waals surface area contributed by atoms with Crippen molar-refractivity contribution in [2.75, 3.05) is 25.4 Å². The van der Waals surface area contributed by atoms with Crippen LogP contribution >= 0.6 is 34.5 Å². The molecule has 684 valence electrons. The maximum absolute atomic E-state index is 11.3. The van der Waals surface area contributed by atoms with Gasteiger partial charge in [-0.25, -0.2) is 16.8 Å². The van der Waals surface area contributed by atoms with E-state index in [9.17, 15) is 79.2 Å². The molecular weight excluding hydrogens is 1640 g/mol. The summed E-state index contributed by atoms with van der Waals surface area (Å²) in [7, 11) is -5.94. The molecule has 0 atom stereocenters. The van der Waals surface area contributed by atoms with Crippen LogP contribution in [0.2, 0.25) is 10.0 Å². The van der Waals surface area contributed by atoms with Crippen molar-refractivity contribution in [3.05, 3.63) is 147 Å². The number of carbonyl (C=O) groups is 13. The first-order chi connectivity index (χ1) is 55.5. The zero-order chi connectivity index (χ0) is 94.8. The summed E-state index contributed by atoms with van der Waals surface area (Å²) in [5.74, 6) is 6.79. The quantitative estimate of drug-likeness (QED) is 0.0736. The van der Waals surface area contributed by atoms with Crippen LogP contribution in [0.25, 0.3) is 0 Å². The second kappa shape index (κ2) is 66.0. The van der Waals surface area contributed by atoms with Crippen molar-refractivity contribution in [2.24, 2.45) is 52.3 Å². The fourth-order valence-corrected chi connectivity index (χ4v) is 14.6. The number of ketones is 11. The highest BCUT2D eigenvalue weighted by Crippen LogP contribution is 2.61. The van der Waals surface area contributed by atoms with E-state index in [1.807, 2.05) is 147 Å². The Balaban J connectivity index is -0.000000401. The van der Waals surface area contributed by atoms with E-state index in [1.54, 1.807) is 92.7 Å². The van der Waals surface area contributed by atoms with Crippen molar-refractivity contribution >= 4 is 130 Å². The number of rotatable bonds is 14. The number of thiophene rings is 1. The van der Waals surface area contributed by atoms with Gasteiger partial charge in [-0.05, 0) is 245 Å². The maximum atomic E-state index is 11.3. The molecule has 2 heterocycles. The summed E-state index contributed by atoms with van der Waals surface area (Å²) in [6.07, 6.45) is 28.1. The number of hydrogen-bond donors (Lipinski definition) is 0. The van der Waals surface area contributed by atoms with E-state index in [0.29, 0.717) is 64.1 Å². The van der Waals surface area contributed by atoms with Gasteiger partial charge in [0.2, 0.25) is 0 Å². The second-order valence-electron chi connectivity index (χ2n) is 34.2. The molecule has 11 rings (SSSR count). The molecule has 20 nitrogen and oxygen atoms in total. The highest BCUT2D eigenvalue weighted by Gasteiger charge is 2.51. The van der Waals surface area contributed by atoms with Crippen LogP contribution in [0.5, 0.6) is 0 Å². The molecule has 0 aliphatic heterocycles. The number of halogens is 2. The minimum Gasteiger partial charge on any atom is -0.472 e. The van der Waals surface area contributed by atoms with Gasteiger partial charge in [-0.3, -0.25) is 47.9 Å². The zero-order valence-electron chi connectivity index (χ0n) is 78.1. The Labute approximate surface area is 741 Å². The van der Waals surface area contributed by atoms with Crippen LogP contribution in [0.3, 0.4) is 0 Å². The molecule has 6 aliphatic rings. The number of carbonyl (C=O) groups excluding carboxylic acids is 13. The van der Waals surface area contributed by atoms with Gasteiger partial charge in [0, 0.05) is 96.6 Å². The Hall–Kier alpha value is -7.57. The van der Waals surface area contributed by atoms with Crippen LogP contribution in [0.4, 0.5) is 0 Å². The van der Waals surface area contributed by atoms with Crippen LogP contribution < -0.4 is 0 Å². The fraction of sp³-hybridized carbons (Fsp3) is 0.594. The van der Waals surface area contributed by atoms with Crippen LogP contribution in [-0.2, 0) is 83.5 Å². The van der Waals surface area contributed by atoms with Gasteiger partial charge in [-0.1, -0.05) is 164 Å². The van der Waals surface area contributed by atoms with Gasteiger partial charge in [-0.2, -0.15) is 11.3 Å². The lowest BCUT2D eigenvalue weighted by molar-refractivity contribution is -0.152. The molecule has 0 saturated heterocycles. The first kappa shape index (κ1) is 122. The molecule has 0 N–H and O–H groups in total. The average Bonchev–Trinajstić information content (AvgIpc) is 1.35. The third-order valence-corrected chi connectivity index (χ3v) is 20.4. The molecule has 0 radical (unpaired) electrons. The lowest BCUT2D eigenvalue weighted by atomic mass is 9.48. The van der Waals surface area contributed by atoms with Gasteiger partial charge in [-0.15, -0.1) is 0 Å². The van der Waals surface area contributed by atoms with Crippen molar-refractivity contribution in [1.29, 1.82) is 0 Å². The largest absolute Gasteiger partial charge is 0.472 e. The van der Waals surface area contributed by atoms with Crippen LogP contribution in [0, 0.1) is 52.3 Å². The van der Waals surface area contributed by atoms with E-state index in [4.69, 9.17) is 27.9 Å². The zero-order valence-corrected chi connectivity index (χ0v) is 82.1. The minimum absolute atomic E-state index is 0.0405. The van der Waals surface area contributed by atoms with Gasteiger partial charge < -0.3 is 28.3 Å². The number of furan rings is 1. The molecule has 0 spiro atoms. The summed E-state index contributed by atoms with van der Waals surface area (Å²) in [6.45, 7) is 43.5. The third kappa shape index (κ3) is 75.9. The number of esters is 2. The van der Waals surface area contributed by atoms with Crippen molar-refractivity contribution < 1.29 is 93.1 Å². The van der Waals surface area contributed by atoms with E-state index < -0.39 is 19.7 Å². The molecule has 2 aromatic heterocycles. The predicted molar refractivity (Wildman–Crippen MR) is 492 cm³/mol. The number of ether oxygens (including phenoxy) is 2. The highest BCUT2D eigenvalue weighted by atomic mass is 35.5. The van der Waals surface area contributed by atoms with Crippen molar-refractivity contribution in [3.63, 3.8) is 0 Å². The summed E-state index contributed by atoms with van der Waals surface area (Å²) in [5.41, 5.74) is 3.32. The molecule has 5 aromatic rings. The SMILES string of the molecule is CC(=O)C(C)(C)C.CC(=O)C(C)C.CC(=O)C1CCCC1.CC(=O)C1CCCCC1.CC(=O)CC(C)C.CC(=O)CC12CC3CC(CC(C3)C1)C2.CC(=O)Cc1ccccc1.CC(=O)OC(C)(C)C.CC(=O)c1ccccc1.CC(=O)c1ccoc1.CC(=O)c1ccsc1.CC(C)=O.CCOC(C)=O.CS(=O)(=O)c1cc(Cl)ccc1Cl.CS(C)(=O)=O. The summed E-state index contributed by atoms with van der Waals surface area (Å²) < 4.78 is 55.2. The molecule has 3 aromatic carbocycles. The molecule has 6 fully saturated rings. The molecular formula is C96H148Cl2O20S3. The van der Waals surface area contributed by atoms with Crippen LogP contribution in [-0.4, -0.2) is 123 Å². The highest BCUT2D eigenvalue weighted by molar-refractivity contribution is 7.91. The molecule has 121 heavy (non-hydrogen) atoms. The van der Waals surface area contributed by atoms with Gasteiger partial charge in [0.25, 0.3) is 0 Å². The van der Waals surface area contributed by atoms with Crippen molar-refractivity contribution in [1.82, 2.24) is 0 Å². The molecule has 0 amide bonds. The van der Waals surface area contributed by atoms with E-state index >= 15 is 0 Å². The molecule has 0 unspecified atom stereocenters. The van der Waals surface area contributed by atoms with E-state index in [0.717, 1.165) is 91.7 Å². The summed E-state index contributed by atoms with van der Waals surface area (Å²) in [5, 5.41) is 4.31. The van der Waals surface area contributed by atoms with Crippen LogP contribution in [0.15, 0.2) is 124 Å². The Morgan fingerprint density at radius 2 is 0.926 bits per heavy atom. The Morgan fingerprint density at radius 1 is 0.529 bits per heavy atom. The van der Waals surface area contributed by atoms with Crippen molar-refractivity contribution in [3.8, 4) is 0 Å². The fourth-order valence-electron chi connectivity index (χ4n) is 12.3. The van der Waals surface area contributed by atoms with Crippen molar-refractivity contribution in [2.45, 2.75) is 299 Å². The second-order valence-corrected chi connectivity index (χ2v) is 40.1. The van der Waals surface area contributed by atoms with Crippen LogP contribution in [0.1, 0.15) is 319 Å². The number of hydrogen-bond acceptors (Lipinski definition) is 21. The van der Waals surface area contributed by atoms with Gasteiger partial charge in [0.05, 0.1) is 28.4 Å². The summed E-state index contributed by atoms with van der Waals surface area (Å²) >= 11 is 12.8. The van der Waals surface area contributed by atoms with E-state index in [1.165, 1.54) is 130 Å². The summed E-state index contributed by atoms with van der Waals surface area (Å²) in [4.78, 5) is 135. The third-order valence-electron chi connectivity index (χ3n) is 17.9. The Bertz CT molecular complexity index is 3970. The standard InChI is InChI=1S/C13H20O.C9H10O.C8H14O.C8H8O.C7H6Cl2O2S.C7H12O.C6H6O2.C6H12O2.C6H6OS.2C6H12O.C5H10O.C4H8O2.C3H6O.C2H6O2S/c1-9(14)5-13-6-10-2-11(7-13)4-12(3-10)8-13;1-8(10)7-9-5-3-2-4-6-9;2*1-7(9)8-5-3-2-4-6-8;1-12(10,11)7-4-5(8)2-3-6(7)9;1-6(8)7-4-2-3-5-7;1-5(7)6-2-3-8-4-6;1-5(7)8-6(2,3)4;1-5(7)6-2-3-8-4-6;1-5(7)6(2,3)4;1-5(2)4-6(3)7;1-4(2)5(3)6;1-3-6-4(2)5;1-3(2)4;1-5(2,3)4/h10-12H,2-8H2,1H3;2-6H,7H2,1H3;8H,2-6H2,1H3;2-6H,1H3;2-4H,1H3;7H,2-5H2,1H3;2-4H,1H3;1-4H3;2-4H,1H3;1-4H3;5H,4H2,1-3H3;4H,1-3H3;3H2,1-2H3;1-2H3;1-2H3. The first-order valence-electron chi connectivity index (χ1n) is 41.3. The van der Waals surface area contributed by atoms with E-state index in [-0.39, 0.29) is 85.1 Å². The molecule has 6 aliphatic carbocycles. The lowest BCUT2D eigenvalue weighted by Gasteiger charge is -2.56. The first-order valence-corrected chi connectivity index (χ1v) is 47.2. The lowest BCUT2D eigenvalue weighted by Crippen LogP contribution is -2.46. The normalized spacial score (nSPS) is 16.1.